The summed E-state index contributed by atoms with van der Waals surface area (Å²) in [5.41, 5.74) is 1.80. The van der Waals surface area contributed by atoms with Crippen LogP contribution in [0.3, 0.4) is 0 Å². The molecule has 0 saturated heterocycles. The maximum atomic E-state index is 11.7. The van der Waals surface area contributed by atoms with Crippen LogP contribution in [0.2, 0.25) is 0 Å². The summed E-state index contributed by atoms with van der Waals surface area (Å²) in [7, 11) is 1.61. The Morgan fingerprint density at radius 2 is 2.06 bits per heavy atom. The Morgan fingerprint density at radius 3 is 2.67 bits per heavy atom. The zero-order valence-corrected chi connectivity index (χ0v) is 10.3. The van der Waals surface area contributed by atoms with Gasteiger partial charge in [0.1, 0.15) is 5.75 Å². The molecule has 1 aromatic carbocycles. The van der Waals surface area contributed by atoms with Gasteiger partial charge < -0.3 is 14.5 Å². The van der Waals surface area contributed by atoms with E-state index < -0.39 is 5.97 Å². The van der Waals surface area contributed by atoms with Gasteiger partial charge in [0.15, 0.2) is 5.69 Å². The van der Waals surface area contributed by atoms with Crippen molar-refractivity contribution in [3.8, 4) is 17.0 Å². The summed E-state index contributed by atoms with van der Waals surface area (Å²) < 4.78 is 10.0. The molecular weight excluding hydrogens is 232 g/mol. The van der Waals surface area contributed by atoms with Gasteiger partial charge in [-0.05, 0) is 31.2 Å². The second kappa shape index (κ2) is 5.35. The normalized spacial score (nSPS) is 10.1. The van der Waals surface area contributed by atoms with E-state index >= 15 is 0 Å². The summed E-state index contributed by atoms with van der Waals surface area (Å²) in [6.07, 6.45) is 1.48. The quantitative estimate of drug-likeness (QED) is 0.840. The molecule has 0 fully saturated rings. The zero-order valence-electron chi connectivity index (χ0n) is 10.3. The number of nitrogens with zero attached hydrogens (tertiary/aromatic N) is 1. The average molecular weight is 246 g/mol. The van der Waals surface area contributed by atoms with Crippen LogP contribution >= 0.6 is 0 Å². The monoisotopic (exact) mass is 246 g/mol. The molecule has 2 aromatic rings. The van der Waals surface area contributed by atoms with Gasteiger partial charge in [0, 0.05) is 5.56 Å². The summed E-state index contributed by atoms with van der Waals surface area (Å²) in [5.74, 6) is 0.334. The lowest BCUT2D eigenvalue weighted by Gasteiger charge is -2.04. The number of carbonyl (C=O) groups excluding carboxylic acids is 1. The predicted molar refractivity (Wildman–Crippen MR) is 66.5 cm³/mol. The van der Waals surface area contributed by atoms with Crippen LogP contribution in [0.15, 0.2) is 30.6 Å². The van der Waals surface area contributed by atoms with Crippen LogP contribution in [0.25, 0.3) is 11.3 Å². The van der Waals surface area contributed by atoms with Crippen molar-refractivity contribution >= 4 is 5.97 Å². The molecule has 0 spiro atoms. The Bertz CT molecular complexity index is 531. The first kappa shape index (κ1) is 12.2. The van der Waals surface area contributed by atoms with Gasteiger partial charge in [0.2, 0.25) is 0 Å². The van der Waals surface area contributed by atoms with Crippen molar-refractivity contribution in [2.45, 2.75) is 6.92 Å². The third-order valence-electron chi connectivity index (χ3n) is 2.49. The Hall–Kier alpha value is -2.30. The summed E-state index contributed by atoms with van der Waals surface area (Å²) in [6, 6.07) is 7.36. The molecule has 2 rings (SSSR count). The lowest BCUT2D eigenvalue weighted by atomic mass is 10.1. The highest BCUT2D eigenvalue weighted by molar-refractivity contribution is 5.94. The molecular formula is C13H14N2O3. The van der Waals surface area contributed by atoms with Gasteiger partial charge in [0.05, 0.1) is 25.7 Å². The van der Waals surface area contributed by atoms with Gasteiger partial charge in [-0.15, -0.1) is 0 Å². The highest BCUT2D eigenvalue weighted by atomic mass is 16.5. The molecule has 0 aliphatic carbocycles. The van der Waals surface area contributed by atoms with Crippen molar-refractivity contribution in [2.24, 2.45) is 0 Å². The minimum absolute atomic E-state index is 0.294. The topological polar surface area (TPSA) is 64.2 Å². The number of aromatic amines is 1. The number of H-pyrrole nitrogens is 1. The highest BCUT2D eigenvalue weighted by Crippen LogP contribution is 2.23. The lowest BCUT2D eigenvalue weighted by Crippen LogP contribution is -2.06. The van der Waals surface area contributed by atoms with Crippen LogP contribution in [0.5, 0.6) is 5.75 Å². The molecule has 0 radical (unpaired) electrons. The van der Waals surface area contributed by atoms with E-state index in [1.807, 2.05) is 24.3 Å². The molecule has 0 aliphatic heterocycles. The number of hydrogen-bond acceptors (Lipinski definition) is 4. The highest BCUT2D eigenvalue weighted by Gasteiger charge is 2.16. The number of nitrogens with one attached hydrogen (secondary N) is 1. The van der Waals surface area contributed by atoms with Crippen molar-refractivity contribution in [1.82, 2.24) is 9.97 Å². The third-order valence-corrected chi connectivity index (χ3v) is 2.49. The maximum absolute atomic E-state index is 11.7. The molecule has 0 aliphatic rings. The van der Waals surface area contributed by atoms with Gasteiger partial charge in [-0.1, -0.05) is 0 Å². The summed E-state index contributed by atoms with van der Waals surface area (Å²) >= 11 is 0. The molecule has 94 valence electrons. The molecule has 0 saturated carbocycles. The predicted octanol–water partition coefficient (Wildman–Crippen LogP) is 2.26. The van der Waals surface area contributed by atoms with Gasteiger partial charge >= 0.3 is 5.97 Å². The molecule has 5 heteroatoms. The van der Waals surface area contributed by atoms with Crippen LogP contribution in [0, 0.1) is 0 Å². The van der Waals surface area contributed by atoms with Gasteiger partial charge in [0.25, 0.3) is 0 Å². The van der Waals surface area contributed by atoms with Crippen LogP contribution in [-0.4, -0.2) is 29.7 Å². The fraction of sp³-hybridized carbons (Fsp3) is 0.231. The molecule has 18 heavy (non-hydrogen) atoms. The molecule has 1 heterocycles. The summed E-state index contributed by atoms with van der Waals surface area (Å²) in [4.78, 5) is 18.6. The van der Waals surface area contributed by atoms with Crippen LogP contribution in [-0.2, 0) is 4.74 Å². The number of ether oxygens (including phenoxy) is 2. The van der Waals surface area contributed by atoms with Crippen LogP contribution in [0.4, 0.5) is 0 Å². The lowest BCUT2D eigenvalue weighted by molar-refractivity contribution is 0.0521. The van der Waals surface area contributed by atoms with E-state index in [-0.39, 0.29) is 0 Å². The Balaban J connectivity index is 2.32. The molecule has 1 aromatic heterocycles. The van der Waals surface area contributed by atoms with E-state index in [4.69, 9.17) is 9.47 Å². The van der Waals surface area contributed by atoms with E-state index in [1.54, 1.807) is 14.0 Å². The first-order valence-electron chi connectivity index (χ1n) is 5.61. The van der Waals surface area contributed by atoms with E-state index in [1.165, 1.54) is 6.33 Å². The van der Waals surface area contributed by atoms with E-state index in [0.717, 1.165) is 11.3 Å². The average Bonchev–Trinajstić information content (AvgIpc) is 2.88. The van der Waals surface area contributed by atoms with Gasteiger partial charge in [-0.2, -0.15) is 0 Å². The molecule has 5 nitrogen and oxygen atoms in total. The minimum Gasteiger partial charge on any atom is -0.497 e. The summed E-state index contributed by atoms with van der Waals surface area (Å²) in [6.45, 7) is 2.09. The molecule has 0 amide bonds. The first-order chi connectivity index (χ1) is 8.76. The van der Waals surface area contributed by atoms with Gasteiger partial charge in [-0.3, -0.25) is 0 Å². The second-order valence-electron chi connectivity index (χ2n) is 3.58. The van der Waals surface area contributed by atoms with Crippen LogP contribution < -0.4 is 4.74 Å². The SMILES string of the molecule is CCOC(=O)c1nc[nH]c1-c1ccc(OC)cc1. The number of carbonyl (C=O) groups is 1. The van der Waals surface area contributed by atoms with Crippen LogP contribution in [0.1, 0.15) is 17.4 Å². The molecule has 1 N–H and O–H groups in total. The summed E-state index contributed by atoms with van der Waals surface area (Å²) in [5, 5.41) is 0. The number of methoxy groups -OCH3 is 1. The third kappa shape index (κ3) is 2.34. The van der Waals surface area contributed by atoms with Crippen molar-refractivity contribution in [1.29, 1.82) is 0 Å². The van der Waals surface area contributed by atoms with E-state index in [9.17, 15) is 4.79 Å². The van der Waals surface area contributed by atoms with Crippen molar-refractivity contribution in [2.75, 3.05) is 13.7 Å². The smallest absolute Gasteiger partial charge is 0.359 e. The number of benzene rings is 1. The standard InChI is InChI=1S/C13H14N2O3/c1-3-18-13(16)12-11(14-8-15-12)9-4-6-10(17-2)7-5-9/h4-8H,3H2,1-2H3,(H,14,15). The van der Waals surface area contributed by atoms with Crippen molar-refractivity contribution in [3.05, 3.63) is 36.3 Å². The molecule has 0 unspecified atom stereocenters. The van der Waals surface area contributed by atoms with Crippen molar-refractivity contribution in [3.63, 3.8) is 0 Å². The van der Waals surface area contributed by atoms with Gasteiger partial charge in [-0.25, -0.2) is 9.78 Å². The fourth-order valence-electron chi connectivity index (χ4n) is 1.63. The zero-order chi connectivity index (χ0) is 13.0. The number of aromatic nitrogens is 2. The maximum Gasteiger partial charge on any atom is 0.359 e. The largest absolute Gasteiger partial charge is 0.497 e. The number of esters is 1. The molecule has 0 bridgehead atoms. The van der Waals surface area contributed by atoms with E-state index in [2.05, 4.69) is 9.97 Å². The van der Waals surface area contributed by atoms with E-state index in [0.29, 0.717) is 18.0 Å². The number of hydrogen-bond donors (Lipinski definition) is 1. The Labute approximate surface area is 105 Å². The Morgan fingerprint density at radius 1 is 1.33 bits per heavy atom. The van der Waals surface area contributed by atoms with Crippen molar-refractivity contribution < 1.29 is 14.3 Å². The number of imidazole rings is 1. The first-order valence-corrected chi connectivity index (χ1v) is 5.61. The number of rotatable bonds is 4. The second-order valence-corrected chi connectivity index (χ2v) is 3.58. The minimum atomic E-state index is -0.426. The fourth-order valence-corrected chi connectivity index (χ4v) is 1.63. The molecule has 0 atom stereocenters. The Kier molecular flexibility index (Phi) is 3.62.